The second-order valence-electron chi connectivity index (χ2n) is 4.69. The summed E-state index contributed by atoms with van der Waals surface area (Å²) >= 11 is 3.47. The van der Waals surface area contributed by atoms with Gasteiger partial charge in [-0.15, -0.1) is 0 Å². The first kappa shape index (κ1) is 14.3. The third-order valence-corrected chi connectivity index (χ3v) is 3.98. The van der Waals surface area contributed by atoms with Crippen LogP contribution in [-0.4, -0.2) is 40.8 Å². The number of rotatable bonds is 4. The van der Waals surface area contributed by atoms with Crippen LogP contribution < -0.4 is 4.74 Å². The number of likely N-dealkylation sites (tertiary alicyclic amines) is 1. The number of aromatic nitrogens is 1. The second-order valence-corrected chi connectivity index (χ2v) is 5.48. The Balaban J connectivity index is 2.21. The van der Waals surface area contributed by atoms with Crippen LogP contribution in [0.25, 0.3) is 0 Å². The van der Waals surface area contributed by atoms with Gasteiger partial charge in [0.1, 0.15) is 5.56 Å². The van der Waals surface area contributed by atoms with Crippen LogP contribution in [0, 0.1) is 0 Å². The zero-order valence-electron chi connectivity index (χ0n) is 11.1. The van der Waals surface area contributed by atoms with E-state index in [4.69, 9.17) is 4.74 Å². The fourth-order valence-electron chi connectivity index (χ4n) is 2.56. The predicted molar refractivity (Wildman–Crippen MR) is 77.9 cm³/mol. The van der Waals surface area contributed by atoms with Gasteiger partial charge in [0.25, 0.3) is 5.91 Å². The molecule has 1 atom stereocenters. The number of amides is 1. The lowest BCUT2D eigenvalue weighted by atomic mass is 9.99. The molecule has 1 fully saturated rings. The van der Waals surface area contributed by atoms with Crippen LogP contribution in [0.2, 0.25) is 0 Å². The van der Waals surface area contributed by atoms with Crippen LogP contribution in [0.4, 0.5) is 0 Å². The van der Waals surface area contributed by atoms with Crippen LogP contribution in [0.15, 0.2) is 18.3 Å². The van der Waals surface area contributed by atoms with Gasteiger partial charge >= 0.3 is 0 Å². The van der Waals surface area contributed by atoms with Gasteiger partial charge in [0.05, 0.1) is 7.11 Å². The zero-order valence-corrected chi connectivity index (χ0v) is 12.7. The molecule has 0 aliphatic carbocycles. The number of carbonyl (C=O) groups excluding carboxylic acids is 1. The molecule has 0 spiro atoms. The molecule has 0 N–H and O–H groups in total. The van der Waals surface area contributed by atoms with E-state index < -0.39 is 0 Å². The molecule has 1 aromatic rings. The lowest BCUT2D eigenvalue weighted by Crippen LogP contribution is -2.44. The Kier molecular flexibility index (Phi) is 5.19. The first-order valence-corrected chi connectivity index (χ1v) is 7.76. The summed E-state index contributed by atoms with van der Waals surface area (Å²) in [6, 6.07) is 3.89. The Labute approximate surface area is 122 Å². The maximum atomic E-state index is 12.7. The Hall–Kier alpha value is -1.10. The molecule has 104 valence electrons. The van der Waals surface area contributed by atoms with Gasteiger partial charge in [0.2, 0.25) is 5.88 Å². The van der Waals surface area contributed by atoms with Gasteiger partial charge in [-0.05, 0) is 37.8 Å². The Morgan fingerprint density at radius 2 is 2.42 bits per heavy atom. The first-order chi connectivity index (χ1) is 9.27. The smallest absolute Gasteiger partial charge is 0.259 e. The molecular weight excluding hydrogens is 308 g/mol. The molecule has 0 bridgehead atoms. The summed E-state index contributed by atoms with van der Waals surface area (Å²) < 4.78 is 5.18. The molecule has 1 aliphatic heterocycles. The van der Waals surface area contributed by atoms with Crippen molar-refractivity contribution in [2.75, 3.05) is 19.0 Å². The molecule has 2 heterocycles. The molecule has 1 aliphatic rings. The highest BCUT2D eigenvalue weighted by Crippen LogP contribution is 2.25. The third kappa shape index (κ3) is 3.26. The molecule has 1 aromatic heterocycles. The van der Waals surface area contributed by atoms with E-state index in [0.717, 1.165) is 31.1 Å². The summed E-state index contributed by atoms with van der Waals surface area (Å²) in [5, 5.41) is 0.922. The second kappa shape index (κ2) is 6.89. The third-order valence-electron chi connectivity index (χ3n) is 3.53. The number of ether oxygens (including phenoxy) is 1. The molecule has 5 heteroatoms. The fraction of sp³-hybridized carbons (Fsp3) is 0.571. The maximum Gasteiger partial charge on any atom is 0.259 e. The monoisotopic (exact) mass is 326 g/mol. The topological polar surface area (TPSA) is 42.4 Å². The van der Waals surface area contributed by atoms with Crippen LogP contribution in [0.5, 0.6) is 5.88 Å². The van der Waals surface area contributed by atoms with E-state index in [1.165, 1.54) is 6.42 Å². The molecule has 1 amide bonds. The molecule has 0 radical (unpaired) electrons. The van der Waals surface area contributed by atoms with Crippen molar-refractivity contribution in [3.05, 3.63) is 23.9 Å². The van der Waals surface area contributed by atoms with E-state index in [1.807, 2.05) is 4.90 Å². The first-order valence-electron chi connectivity index (χ1n) is 6.64. The molecule has 0 saturated carbocycles. The van der Waals surface area contributed by atoms with Crippen molar-refractivity contribution in [1.29, 1.82) is 0 Å². The number of methoxy groups -OCH3 is 1. The van der Waals surface area contributed by atoms with Crippen molar-refractivity contribution >= 4 is 21.8 Å². The van der Waals surface area contributed by atoms with Crippen molar-refractivity contribution < 1.29 is 9.53 Å². The van der Waals surface area contributed by atoms with Crippen LogP contribution in [0.3, 0.4) is 0 Å². The van der Waals surface area contributed by atoms with Gasteiger partial charge in [-0.25, -0.2) is 4.98 Å². The molecule has 19 heavy (non-hydrogen) atoms. The molecule has 4 nitrogen and oxygen atoms in total. The van der Waals surface area contributed by atoms with E-state index in [-0.39, 0.29) is 5.91 Å². The fourth-order valence-corrected chi connectivity index (χ4v) is 3.09. The maximum absolute atomic E-state index is 12.7. The van der Waals surface area contributed by atoms with Gasteiger partial charge in [0, 0.05) is 24.1 Å². The summed E-state index contributed by atoms with van der Waals surface area (Å²) in [7, 11) is 1.55. The van der Waals surface area contributed by atoms with Crippen molar-refractivity contribution in [3.8, 4) is 5.88 Å². The highest BCUT2D eigenvalue weighted by molar-refractivity contribution is 9.09. The van der Waals surface area contributed by atoms with Crippen LogP contribution in [-0.2, 0) is 0 Å². The minimum absolute atomic E-state index is 0.0376. The number of pyridine rings is 1. The number of hydrogen-bond acceptors (Lipinski definition) is 3. The minimum Gasteiger partial charge on any atom is -0.480 e. The van der Waals surface area contributed by atoms with E-state index in [0.29, 0.717) is 17.5 Å². The molecule has 0 aromatic carbocycles. The Bertz CT molecular complexity index is 437. The SMILES string of the molecule is COc1ncccc1C(=O)N1CCCCC1CCBr. The number of alkyl halides is 1. The van der Waals surface area contributed by atoms with Crippen LogP contribution >= 0.6 is 15.9 Å². The lowest BCUT2D eigenvalue weighted by Gasteiger charge is -2.35. The number of carbonyl (C=O) groups is 1. The highest BCUT2D eigenvalue weighted by Gasteiger charge is 2.28. The number of hydrogen-bond donors (Lipinski definition) is 0. The summed E-state index contributed by atoms with van der Waals surface area (Å²) in [5.41, 5.74) is 0.562. The van der Waals surface area contributed by atoms with Crippen LogP contribution in [0.1, 0.15) is 36.0 Å². The zero-order chi connectivity index (χ0) is 13.7. The molecule has 1 unspecified atom stereocenters. The van der Waals surface area contributed by atoms with E-state index in [9.17, 15) is 4.79 Å². The number of halogens is 1. The van der Waals surface area contributed by atoms with Gasteiger partial charge < -0.3 is 9.64 Å². The summed E-state index contributed by atoms with van der Waals surface area (Å²) in [5.74, 6) is 0.450. The van der Waals surface area contributed by atoms with Gasteiger partial charge in [-0.2, -0.15) is 0 Å². The highest BCUT2D eigenvalue weighted by atomic mass is 79.9. The quantitative estimate of drug-likeness (QED) is 0.799. The summed E-state index contributed by atoms with van der Waals surface area (Å²) in [6.45, 7) is 0.828. The minimum atomic E-state index is 0.0376. The number of nitrogens with zero attached hydrogens (tertiary/aromatic N) is 2. The van der Waals surface area contributed by atoms with E-state index in [2.05, 4.69) is 20.9 Å². The lowest BCUT2D eigenvalue weighted by molar-refractivity contribution is 0.0606. The van der Waals surface area contributed by atoms with E-state index >= 15 is 0 Å². The van der Waals surface area contributed by atoms with Crippen molar-refractivity contribution in [1.82, 2.24) is 9.88 Å². The molecule has 2 rings (SSSR count). The number of piperidine rings is 1. The predicted octanol–water partition coefficient (Wildman–Crippen LogP) is 2.87. The summed E-state index contributed by atoms with van der Waals surface area (Å²) in [6.07, 6.45) is 5.99. The standard InChI is InChI=1S/C14H19BrN2O2/c1-19-13-12(6-4-9-16-13)14(18)17-10-3-2-5-11(17)7-8-15/h4,6,9,11H,2-3,5,7-8,10H2,1H3. The molecule has 1 saturated heterocycles. The van der Waals surface area contributed by atoms with Gasteiger partial charge in [-0.3, -0.25) is 4.79 Å². The van der Waals surface area contributed by atoms with Gasteiger partial charge in [-0.1, -0.05) is 15.9 Å². The van der Waals surface area contributed by atoms with Crippen molar-refractivity contribution in [3.63, 3.8) is 0 Å². The van der Waals surface area contributed by atoms with Crippen molar-refractivity contribution in [2.45, 2.75) is 31.7 Å². The van der Waals surface area contributed by atoms with Crippen molar-refractivity contribution in [2.24, 2.45) is 0 Å². The Morgan fingerprint density at radius 1 is 1.58 bits per heavy atom. The largest absolute Gasteiger partial charge is 0.480 e. The average Bonchev–Trinajstić information content (AvgIpc) is 2.47. The van der Waals surface area contributed by atoms with Gasteiger partial charge in [0.15, 0.2) is 0 Å². The normalized spacial score (nSPS) is 19.3. The average molecular weight is 327 g/mol. The summed E-state index contributed by atoms with van der Waals surface area (Å²) in [4.78, 5) is 18.7. The van der Waals surface area contributed by atoms with E-state index in [1.54, 1.807) is 25.4 Å². The Morgan fingerprint density at radius 3 is 3.16 bits per heavy atom. The molecular formula is C14H19BrN2O2.